The van der Waals surface area contributed by atoms with Gasteiger partial charge < -0.3 is 9.42 Å². The summed E-state index contributed by atoms with van der Waals surface area (Å²) in [5, 5.41) is 11.2. The van der Waals surface area contributed by atoms with Crippen LogP contribution in [-0.2, 0) is 17.8 Å². The highest BCUT2D eigenvalue weighted by Gasteiger charge is 2.34. The van der Waals surface area contributed by atoms with Gasteiger partial charge in [0.2, 0.25) is 0 Å². The predicted molar refractivity (Wildman–Crippen MR) is 133 cm³/mol. The number of aryl methyl sites for hydroxylation is 1. The van der Waals surface area contributed by atoms with Gasteiger partial charge in [0.25, 0.3) is 0 Å². The van der Waals surface area contributed by atoms with Crippen LogP contribution in [0.1, 0.15) is 74.8 Å². The molecule has 1 aliphatic heterocycles. The summed E-state index contributed by atoms with van der Waals surface area (Å²) in [6.45, 7) is 6.09. The summed E-state index contributed by atoms with van der Waals surface area (Å²) in [6, 6.07) is 0.466. The van der Waals surface area contributed by atoms with Crippen LogP contribution in [0.15, 0.2) is 9.55 Å². The molecule has 0 spiro atoms. The van der Waals surface area contributed by atoms with Gasteiger partial charge in [-0.2, -0.15) is 5.10 Å². The lowest BCUT2D eigenvalue weighted by Gasteiger charge is -2.19. The number of thioether (sulfide) groups is 1. The van der Waals surface area contributed by atoms with E-state index >= 15 is 0 Å². The van der Waals surface area contributed by atoms with Crippen LogP contribution in [0.2, 0.25) is 0 Å². The zero-order valence-corrected chi connectivity index (χ0v) is 21.5. The number of hydrogen-bond donors (Lipinski definition) is 0. The molecule has 3 aromatic heterocycles. The summed E-state index contributed by atoms with van der Waals surface area (Å²) in [7, 11) is 2.18. The van der Waals surface area contributed by atoms with Crippen LogP contribution < -0.4 is 0 Å². The fourth-order valence-electron chi connectivity index (χ4n) is 5.46. The second-order valence-corrected chi connectivity index (χ2v) is 10.5. The third-order valence-electron chi connectivity index (χ3n) is 7.41. The summed E-state index contributed by atoms with van der Waals surface area (Å²) in [6.07, 6.45) is 9.59. The van der Waals surface area contributed by atoms with E-state index in [4.69, 9.17) is 19.6 Å². The second kappa shape index (κ2) is 9.77. The van der Waals surface area contributed by atoms with Crippen molar-refractivity contribution in [1.29, 1.82) is 0 Å². The maximum Gasteiger partial charge on any atom is 0.185 e. The van der Waals surface area contributed by atoms with Gasteiger partial charge in [-0.15, -0.1) is 11.8 Å². The molecule has 1 aliphatic carbocycles. The van der Waals surface area contributed by atoms with Gasteiger partial charge in [0.05, 0.1) is 23.5 Å². The minimum atomic E-state index is -0.189. The van der Waals surface area contributed by atoms with Crippen LogP contribution in [-0.4, -0.2) is 61.5 Å². The van der Waals surface area contributed by atoms with Crippen LogP contribution in [0.25, 0.3) is 22.6 Å². The Morgan fingerprint density at radius 3 is 2.82 bits per heavy atom. The number of unbranched alkanes of at least 4 members (excludes halogenated alkanes) is 1. The topological polar surface area (TPSA) is 89.9 Å². The van der Waals surface area contributed by atoms with E-state index in [1.54, 1.807) is 11.8 Å². The normalized spacial score (nSPS) is 20.8. The van der Waals surface area contributed by atoms with E-state index in [0.717, 1.165) is 78.3 Å². The van der Waals surface area contributed by atoms with Gasteiger partial charge in [-0.25, -0.2) is 14.6 Å². The Bertz CT molecular complexity index is 1200. The molecular formula is C25H34N6O2S. The Morgan fingerprint density at radius 2 is 2.09 bits per heavy atom. The summed E-state index contributed by atoms with van der Waals surface area (Å²) >= 11 is 1.61. The minimum Gasteiger partial charge on any atom is -0.360 e. The lowest BCUT2D eigenvalue weighted by Crippen LogP contribution is -2.29. The average Bonchev–Trinajstić information content (AvgIpc) is 3.54. The third kappa shape index (κ3) is 4.17. The molecule has 0 saturated carbocycles. The Balaban J connectivity index is 1.55. The molecule has 2 aliphatic rings. The van der Waals surface area contributed by atoms with E-state index in [-0.39, 0.29) is 11.7 Å². The van der Waals surface area contributed by atoms with Gasteiger partial charge in [-0.3, -0.25) is 4.79 Å². The first-order valence-electron chi connectivity index (χ1n) is 12.5. The summed E-state index contributed by atoms with van der Waals surface area (Å²) in [5.41, 5.74) is 3.50. The van der Waals surface area contributed by atoms with Crippen molar-refractivity contribution in [3.8, 4) is 11.5 Å². The lowest BCUT2D eigenvalue weighted by atomic mass is 9.83. The van der Waals surface area contributed by atoms with Crippen LogP contribution in [0.4, 0.5) is 0 Å². The molecule has 2 atom stereocenters. The number of carbonyl (C=O) groups excluding carboxylic acids is 1. The first kappa shape index (κ1) is 23.5. The van der Waals surface area contributed by atoms with Crippen molar-refractivity contribution in [3.63, 3.8) is 0 Å². The fourth-order valence-corrected chi connectivity index (χ4v) is 6.08. The number of aromatic nitrogens is 5. The van der Waals surface area contributed by atoms with Gasteiger partial charge in [0.15, 0.2) is 22.9 Å². The Morgan fingerprint density at radius 1 is 1.24 bits per heavy atom. The van der Waals surface area contributed by atoms with E-state index < -0.39 is 0 Å². The smallest absolute Gasteiger partial charge is 0.185 e. The standard InChI is InChI=1S/C25H34N6O2S/c1-5-6-12-19(32)17-10-7-11-18-21(29-33-22(17)18)23-26-24-20(25(27-23)34-4)15(2)28-31(24)14-16-9-8-13-30(16)3/h16-17H,5-14H2,1-4H3. The van der Waals surface area contributed by atoms with E-state index in [9.17, 15) is 4.79 Å². The highest BCUT2D eigenvalue weighted by Crippen LogP contribution is 2.39. The molecule has 0 amide bonds. The van der Waals surface area contributed by atoms with Crippen molar-refractivity contribution in [2.45, 2.75) is 88.7 Å². The number of nitrogens with zero attached hydrogens (tertiary/aromatic N) is 6. The molecule has 5 rings (SSSR count). The molecule has 1 saturated heterocycles. The van der Waals surface area contributed by atoms with Crippen LogP contribution in [0.5, 0.6) is 0 Å². The molecule has 0 radical (unpaired) electrons. The van der Waals surface area contributed by atoms with E-state index in [2.05, 4.69) is 24.0 Å². The van der Waals surface area contributed by atoms with Crippen molar-refractivity contribution < 1.29 is 9.32 Å². The maximum atomic E-state index is 12.8. The van der Waals surface area contributed by atoms with Crippen LogP contribution >= 0.6 is 11.8 Å². The van der Waals surface area contributed by atoms with Gasteiger partial charge in [-0.05, 0) is 65.3 Å². The number of likely N-dealkylation sites (N-methyl/N-ethyl adjacent to an activating group) is 1. The zero-order valence-electron chi connectivity index (χ0n) is 20.6. The maximum absolute atomic E-state index is 12.8. The van der Waals surface area contributed by atoms with Gasteiger partial charge in [0.1, 0.15) is 10.8 Å². The minimum absolute atomic E-state index is 0.189. The van der Waals surface area contributed by atoms with Crippen molar-refractivity contribution in [2.75, 3.05) is 19.8 Å². The Labute approximate surface area is 204 Å². The number of likely N-dealkylation sites (tertiary alicyclic amines) is 1. The molecular weight excluding hydrogens is 448 g/mol. The molecule has 8 nitrogen and oxygen atoms in total. The summed E-state index contributed by atoms with van der Waals surface area (Å²) in [4.78, 5) is 25.1. The van der Waals surface area contributed by atoms with E-state index in [1.165, 1.54) is 12.8 Å². The predicted octanol–water partition coefficient (Wildman–Crippen LogP) is 4.79. The third-order valence-corrected chi connectivity index (χ3v) is 8.10. The van der Waals surface area contributed by atoms with Crippen LogP contribution in [0.3, 0.4) is 0 Å². The highest BCUT2D eigenvalue weighted by atomic mass is 32.2. The summed E-state index contributed by atoms with van der Waals surface area (Å²) < 4.78 is 7.86. The van der Waals surface area contributed by atoms with Crippen molar-refractivity contribution in [2.24, 2.45) is 0 Å². The van der Waals surface area contributed by atoms with Crippen molar-refractivity contribution in [3.05, 3.63) is 17.0 Å². The molecule has 0 bridgehead atoms. The number of fused-ring (bicyclic) bond motifs is 2. The number of hydrogen-bond acceptors (Lipinski definition) is 8. The largest absolute Gasteiger partial charge is 0.360 e. The van der Waals surface area contributed by atoms with Gasteiger partial charge >= 0.3 is 0 Å². The molecule has 2 unspecified atom stereocenters. The van der Waals surface area contributed by atoms with E-state index in [1.807, 2.05) is 17.9 Å². The van der Waals surface area contributed by atoms with Crippen molar-refractivity contribution in [1.82, 2.24) is 29.8 Å². The summed E-state index contributed by atoms with van der Waals surface area (Å²) in [5.74, 6) is 1.38. The Hall–Kier alpha value is -2.26. The molecule has 3 aromatic rings. The zero-order chi connectivity index (χ0) is 23.8. The Kier molecular flexibility index (Phi) is 6.75. The molecule has 0 aromatic carbocycles. The molecule has 0 N–H and O–H groups in total. The highest BCUT2D eigenvalue weighted by molar-refractivity contribution is 7.98. The van der Waals surface area contributed by atoms with E-state index in [0.29, 0.717) is 24.0 Å². The lowest BCUT2D eigenvalue weighted by molar-refractivity contribution is -0.121. The van der Waals surface area contributed by atoms with Gasteiger partial charge in [0, 0.05) is 18.0 Å². The van der Waals surface area contributed by atoms with Crippen LogP contribution in [0, 0.1) is 6.92 Å². The molecule has 182 valence electrons. The second-order valence-electron chi connectivity index (χ2n) is 9.69. The number of rotatable bonds is 8. The first-order valence-corrected chi connectivity index (χ1v) is 13.7. The van der Waals surface area contributed by atoms with Gasteiger partial charge in [-0.1, -0.05) is 18.5 Å². The monoisotopic (exact) mass is 482 g/mol. The molecule has 4 heterocycles. The number of carbonyl (C=O) groups is 1. The first-order chi connectivity index (χ1) is 16.5. The average molecular weight is 483 g/mol. The quantitative estimate of drug-likeness (QED) is 0.335. The number of Topliss-reactive ketones (excluding diaryl/α,β-unsaturated/α-hetero) is 1. The molecule has 9 heteroatoms. The van der Waals surface area contributed by atoms with Crippen molar-refractivity contribution >= 4 is 28.6 Å². The fraction of sp³-hybridized carbons (Fsp3) is 0.640. The number of ketones is 1. The molecule has 1 fully saturated rings. The SMILES string of the molecule is CCCCC(=O)C1CCCc2c(-c3nc(SC)c4c(C)nn(CC5CCCN5C)c4n3)noc21. The molecule has 34 heavy (non-hydrogen) atoms.